The summed E-state index contributed by atoms with van der Waals surface area (Å²) in [7, 11) is -7.54. The lowest BCUT2D eigenvalue weighted by atomic mass is 10.2. The SMILES string of the molecule is CCN(CC)S(=O)(=O)c1ccc(NS(=O)(=O)c2ccc3oc(=O)ccc3c2)cc1. The van der Waals surface area contributed by atoms with Crippen molar-refractivity contribution in [3.05, 3.63) is 65.0 Å². The number of hydrogen-bond acceptors (Lipinski definition) is 6. The lowest BCUT2D eigenvalue weighted by molar-refractivity contribution is 0.445. The van der Waals surface area contributed by atoms with Gasteiger partial charge in [-0.15, -0.1) is 0 Å². The van der Waals surface area contributed by atoms with Gasteiger partial charge in [0.25, 0.3) is 10.0 Å². The van der Waals surface area contributed by atoms with Crippen molar-refractivity contribution in [1.82, 2.24) is 4.31 Å². The van der Waals surface area contributed by atoms with Gasteiger partial charge in [-0.3, -0.25) is 4.72 Å². The van der Waals surface area contributed by atoms with Crippen LogP contribution in [0.3, 0.4) is 0 Å². The fraction of sp³-hybridized carbons (Fsp3) is 0.211. The molecule has 2 aromatic carbocycles. The summed E-state index contributed by atoms with van der Waals surface area (Å²) in [6.07, 6.45) is 0. The van der Waals surface area contributed by atoms with E-state index >= 15 is 0 Å². The van der Waals surface area contributed by atoms with Gasteiger partial charge in [-0.1, -0.05) is 13.8 Å². The fourth-order valence-corrected chi connectivity index (χ4v) is 5.39. The molecule has 8 nitrogen and oxygen atoms in total. The van der Waals surface area contributed by atoms with E-state index in [-0.39, 0.29) is 21.1 Å². The van der Waals surface area contributed by atoms with Crippen molar-refractivity contribution in [1.29, 1.82) is 0 Å². The highest BCUT2D eigenvalue weighted by Crippen LogP contribution is 2.23. The predicted octanol–water partition coefficient (Wildman–Crippen LogP) is 2.62. The quantitative estimate of drug-likeness (QED) is 0.570. The van der Waals surface area contributed by atoms with Crippen LogP contribution in [0, 0.1) is 0 Å². The highest BCUT2D eigenvalue weighted by atomic mass is 32.2. The van der Waals surface area contributed by atoms with Gasteiger partial charge in [-0.2, -0.15) is 4.31 Å². The number of rotatable bonds is 7. The molecule has 0 saturated heterocycles. The van der Waals surface area contributed by atoms with Gasteiger partial charge >= 0.3 is 5.63 Å². The van der Waals surface area contributed by atoms with Crippen molar-refractivity contribution in [3.8, 4) is 0 Å². The molecule has 10 heteroatoms. The van der Waals surface area contributed by atoms with Gasteiger partial charge in [0.15, 0.2) is 0 Å². The van der Waals surface area contributed by atoms with Gasteiger partial charge in [-0.05, 0) is 48.5 Å². The Kier molecular flexibility index (Phi) is 5.78. The summed E-state index contributed by atoms with van der Waals surface area (Å²) < 4.78 is 59.1. The normalized spacial score (nSPS) is 12.4. The summed E-state index contributed by atoms with van der Waals surface area (Å²) >= 11 is 0. The number of anilines is 1. The molecule has 0 saturated carbocycles. The second-order valence-electron chi connectivity index (χ2n) is 6.17. The third kappa shape index (κ3) is 4.34. The van der Waals surface area contributed by atoms with Crippen molar-refractivity contribution in [2.24, 2.45) is 0 Å². The third-order valence-electron chi connectivity index (χ3n) is 4.35. The van der Waals surface area contributed by atoms with Gasteiger partial charge in [-0.25, -0.2) is 21.6 Å². The lowest BCUT2D eigenvalue weighted by Crippen LogP contribution is -2.30. The van der Waals surface area contributed by atoms with E-state index in [4.69, 9.17) is 4.42 Å². The molecular weight excluding hydrogens is 416 g/mol. The summed E-state index contributed by atoms with van der Waals surface area (Å²) in [6, 6.07) is 12.3. The van der Waals surface area contributed by atoms with E-state index in [1.165, 1.54) is 58.9 Å². The van der Waals surface area contributed by atoms with Crippen LogP contribution in [0.5, 0.6) is 0 Å². The number of benzene rings is 2. The Morgan fingerprint density at radius 1 is 0.862 bits per heavy atom. The van der Waals surface area contributed by atoms with E-state index in [0.717, 1.165) is 0 Å². The Bertz CT molecular complexity index is 1290. The summed E-state index contributed by atoms with van der Waals surface area (Å²) in [5.74, 6) is 0. The van der Waals surface area contributed by atoms with E-state index in [0.29, 0.717) is 18.5 Å². The van der Waals surface area contributed by atoms with Crippen LogP contribution in [0.25, 0.3) is 11.0 Å². The fourth-order valence-electron chi connectivity index (χ4n) is 2.84. The minimum Gasteiger partial charge on any atom is -0.423 e. The molecular formula is C19H20N2O6S2. The van der Waals surface area contributed by atoms with Crippen LogP contribution in [0.15, 0.2) is 73.6 Å². The third-order valence-corrected chi connectivity index (χ3v) is 7.79. The number of hydrogen-bond donors (Lipinski definition) is 1. The molecule has 0 atom stereocenters. The lowest BCUT2D eigenvalue weighted by Gasteiger charge is -2.18. The van der Waals surface area contributed by atoms with E-state index < -0.39 is 25.7 Å². The second kappa shape index (κ2) is 7.97. The monoisotopic (exact) mass is 436 g/mol. The molecule has 1 heterocycles. The summed E-state index contributed by atoms with van der Waals surface area (Å²) in [5, 5.41) is 0.466. The Labute approximate surface area is 168 Å². The molecule has 0 aliphatic carbocycles. The van der Waals surface area contributed by atoms with Crippen LogP contribution >= 0.6 is 0 Å². The van der Waals surface area contributed by atoms with Crippen LogP contribution in [0.2, 0.25) is 0 Å². The zero-order valence-electron chi connectivity index (χ0n) is 15.8. The molecule has 0 unspecified atom stereocenters. The van der Waals surface area contributed by atoms with Crippen molar-refractivity contribution in [3.63, 3.8) is 0 Å². The molecule has 0 radical (unpaired) electrons. The molecule has 3 rings (SSSR count). The molecule has 0 amide bonds. The first kappa shape index (κ1) is 21.0. The van der Waals surface area contributed by atoms with Crippen molar-refractivity contribution >= 4 is 36.7 Å². The van der Waals surface area contributed by atoms with Gasteiger partial charge < -0.3 is 4.42 Å². The smallest absolute Gasteiger partial charge is 0.336 e. The molecule has 3 aromatic rings. The van der Waals surface area contributed by atoms with Crippen molar-refractivity contribution < 1.29 is 21.3 Å². The minimum atomic E-state index is -3.92. The number of nitrogens with one attached hydrogen (secondary N) is 1. The first-order valence-corrected chi connectivity index (χ1v) is 11.8. The maximum atomic E-state index is 12.7. The first-order chi connectivity index (χ1) is 13.7. The van der Waals surface area contributed by atoms with Gasteiger partial charge in [0.2, 0.25) is 10.0 Å². The van der Waals surface area contributed by atoms with E-state index in [9.17, 15) is 21.6 Å². The molecule has 0 bridgehead atoms. The van der Waals surface area contributed by atoms with E-state index in [1.54, 1.807) is 13.8 Å². The predicted molar refractivity (Wildman–Crippen MR) is 110 cm³/mol. The zero-order valence-corrected chi connectivity index (χ0v) is 17.5. The van der Waals surface area contributed by atoms with E-state index in [2.05, 4.69) is 4.72 Å². The van der Waals surface area contributed by atoms with Crippen LogP contribution in [-0.2, 0) is 20.0 Å². The molecule has 0 aliphatic rings. The van der Waals surface area contributed by atoms with Crippen LogP contribution in [0.1, 0.15) is 13.8 Å². The summed E-state index contributed by atoms with van der Waals surface area (Å²) in [6.45, 7) is 4.18. The molecule has 154 valence electrons. The second-order valence-corrected chi connectivity index (χ2v) is 9.79. The largest absolute Gasteiger partial charge is 0.423 e. The Morgan fingerprint density at radius 2 is 1.48 bits per heavy atom. The maximum absolute atomic E-state index is 12.7. The molecule has 29 heavy (non-hydrogen) atoms. The van der Waals surface area contributed by atoms with Crippen molar-refractivity contribution in [2.45, 2.75) is 23.6 Å². The molecule has 1 aromatic heterocycles. The topological polar surface area (TPSA) is 114 Å². The van der Waals surface area contributed by atoms with Gasteiger partial charge in [0.05, 0.1) is 9.79 Å². The highest BCUT2D eigenvalue weighted by molar-refractivity contribution is 7.92. The number of nitrogens with zero attached hydrogens (tertiary/aromatic N) is 1. The first-order valence-electron chi connectivity index (χ1n) is 8.84. The number of fused-ring (bicyclic) bond motifs is 1. The maximum Gasteiger partial charge on any atom is 0.336 e. The average Bonchev–Trinajstić information content (AvgIpc) is 2.68. The Balaban J connectivity index is 1.87. The molecule has 0 spiro atoms. The average molecular weight is 437 g/mol. The van der Waals surface area contributed by atoms with Gasteiger partial charge in [0.1, 0.15) is 5.58 Å². The standard InChI is InChI=1S/C19H20N2O6S2/c1-3-21(4-2)29(25,26)16-8-6-15(7-9-16)20-28(23,24)17-10-11-18-14(13-17)5-12-19(22)27-18/h5-13,20H,3-4H2,1-2H3. The molecule has 0 fully saturated rings. The minimum absolute atomic E-state index is 0.0151. The van der Waals surface area contributed by atoms with Crippen LogP contribution in [0.4, 0.5) is 5.69 Å². The zero-order chi connectivity index (χ0) is 21.2. The van der Waals surface area contributed by atoms with Gasteiger partial charge in [0, 0.05) is 30.2 Å². The summed E-state index contributed by atoms with van der Waals surface area (Å²) in [4.78, 5) is 11.3. The van der Waals surface area contributed by atoms with E-state index in [1.807, 2.05) is 0 Å². The Hall–Kier alpha value is -2.69. The molecule has 0 aliphatic heterocycles. The van der Waals surface area contributed by atoms with Crippen LogP contribution < -0.4 is 10.3 Å². The number of sulfonamides is 2. The Morgan fingerprint density at radius 3 is 2.10 bits per heavy atom. The summed E-state index contributed by atoms with van der Waals surface area (Å²) in [5.41, 5.74) is -0.0171. The highest BCUT2D eigenvalue weighted by Gasteiger charge is 2.22. The van der Waals surface area contributed by atoms with Crippen LogP contribution in [-0.4, -0.2) is 34.2 Å². The molecule has 1 N–H and O–H groups in total. The van der Waals surface area contributed by atoms with Crippen molar-refractivity contribution in [2.75, 3.05) is 17.8 Å².